The van der Waals surface area contributed by atoms with Crippen molar-refractivity contribution in [2.75, 3.05) is 0 Å². The molecule has 182 valence electrons. The van der Waals surface area contributed by atoms with Crippen LogP contribution in [-0.2, 0) is 24.1 Å². The Balaban J connectivity index is 2.16. The van der Waals surface area contributed by atoms with Crippen LogP contribution in [0.15, 0.2) is 33.6 Å². The predicted octanol–water partition coefficient (Wildman–Crippen LogP) is 4.86. The van der Waals surface area contributed by atoms with E-state index in [0.29, 0.717) is 18.2 Å². The van der Waals surface area contributed by atoms with E-state index in [9.17, 15) is 9.59 Å². The molecule has 0 bridgehead atoms. The van der Waals surface area contributed by atoms with E-state index in [-0.39, 0.29) is 6.54 Å². The van der Waals surface area contributed by atoms with Crippen LogP contribution in [0.25, 0.3) is 11.1 Å². The Bertz CT molecular complexity index is 1200. The first-order valence-corrected chi connectivity index (χ1v) is 11.5. The molecule has 0 radical (unpaired) electrons. The zero-order valence-corrected chi connectivity index (χ0v) is 21.0. The molecule has 0 unspecified atom stereocenters. The molecular formula is C26H34N4O4. The molecule has 0 aliphatic rings. The van der Waals surface area contributed by atoms with E-state index in [4.69, 9.17) is 14.2 Å². The number of benzene rings is 1. The molecular weight excluding hydrogens is 432 g/mol. The fraction of sp³-hybridized carbons (Fsp3) is 0.462. The summed E-state index contributed by atoms with van der Waals surface area (Å²) in [4.78, 5) is 31.6. The average Bonchev–Trinajstić information content (AvgIpc) is 3.12. The van der Waals surface area contributed by atoms with Gasteiger partial charge in [-0.2, -0.15) is 0 Å². The van der Waals surface area contributed by atoms with E-state index < -0.39 is 17.5 Å². The SMILES string of the molecule is Cc1ccc(-c2c(Cc3noc(=O)[nH]3)c(C)nc(CC(C)C)c2CNC(=O)OC(C)(C)C)cc1. The molecule has 1 amide bonds. The third-order valence-corrected chi connectivity index (χ3v) is 5.27. The van der Waals surface area contributed by atoms with Gasteiger partial charge in [0, 0.05) is 29.9 Å². The maximum absolute atomic E-state index is 12.5. The summed E-state index contributed by atoms with van der Waals surface area (Å²) in [7, 11) is 0. The van der Waals surface area contributed by atoms with Gasteiger partial charge >= 0.3 is 11.8 Å². The summed E-state index contributed by atoms with van der Waals surface area (Å²) >= 11 is 0. The number of ether oxygens (including phenoxy) is 1. The lowest BCUT2D eigenvalue weighted by atomic mass is 9.88. The normalized spacial score (nSPS) is 11.6. The molecule has 0 aliphatic heterocycles. The van der Waals surface area contributed by atoms with Gasteiger partial charge < -0.3 is 10.1 Å². The van der Waals surface area contributed by atoms with Gasteiger partial charge in [-0.1, -0.05) is 48.8 Å². The minimum atomic E-state index is -0.597. The number of pyridine rings is 1. The highest BCUT2D eigenvalue weighted by molar-refractivity contribution is 5.75. The van der Waals surface area contributed by atoms with Crippen LogP contribution in [0.1, 0.15) is 68.5 Å². The van der Waals surface area contributed by atoms with Gasteiger partial charge in [0.1, 0.15) is 5.60 Å². The molecule has 0 saturated heterocycles. The fourth-order valence-electron chi connectivity index (χ4n) is 3.85. The second-order valence-corrected chi connectivity index (χ2v) is 10.0. The van der Waals surface area contributed by atoms with Crippen LogP contribution in [0.5, 0.6) is 0 Å². The van der Waals surface area contributed by atoms with Crippen LogP contribution in [0, 0.1) is 19.8 Å². The molecule has 0 atom stereocenters. The van der Waals surface area contributed by atoms with Crippen molar-refractivity contribution in [1.29, 1.82) is 0 Å². The summed E-state index contributed by atoms with van der Waals surface area (Å²) < 4.78 is 10.2. The van der Waals surface area contributed by atoms with Gasteiger partial charge in [0.25, 0.3) is 0 Å². The molecule has 3 rings (SSSR count). The molecule has 8 heteroatoms. The van der Waals surface area contributed by atoms with E-state index in [1.165, 1.54) is 0 Å². The Labute approximate surface area is 200 Å². The molecule has 0 aliphatic carbocycles. The minimum Gasteiger partial charge on any atom is -0.444 e. The van der Waals surface area contributed by atoms with Crippen molar-refractivity contribution in [1.82, 2.24) is 20.4 Å². The maximum atomic E-state index is 12.5. The number of amides is 1. The van der Waals surface area contributed by atoms with E-state index in [0.717, 1.165) is 45.6 Å². The number of hydrogen-bond acceptors (Lipinski definition) is 6. The van der Waals surface area contributed by atoms with Crippen LogP contribution in [-0.4, -0.2) is 26.8 Å². The van der Waals surface area contributed by atoms with Crippen molar-refractivity contribution < 1.29 is 14.1 Å². The number of carbonyl (C=O) groups excluding carboxylic acids is 1. The van der Waals surface area contributed by atoms with Gasteiger partial charge in [-0.05, 0) is 63.6 Å². The number of rotatable bonds is 7. The van der Waals surface area contributed by atoms with Gasteiger partial charge in [-0.3, -0.25) is 14.5 Å². The van der Waals surface area contributed by atoms with E-state index in [1.807, 2.05) is 34.6 Å². The van der Waals surface area contributed by atoms with Gasteiger partial charge in [-0.15, -0.1) is 0 Å². The maximum Gasteiger partial charge on any atom is 0.438 e. The Morgan fingerprint density at radius 2 is 1.82 bits per heavy atom. The molecule has 8 nitrogen and oxygen atoms in total. The first-order chi connectivity index (χ1) is 15.9. The summed E-state index contributed by atoms with van der Waals surface area (Å²) in [5.41, 5.74) is 6.14. The first kappa shape index (κ1) is 25.2. The highest BCUT2D eigenvalue weighted by atomic mass is 16.6. The lowest BCUT2D eigenvalue weighted by Gasteiger charge is -2.23. The molecule has 0 spiro atoms. The van der Waals surface area contributed by atoms with Crippen LogP contribution in [0.4, 0.5) is 4.79 Å². The third kappa shape index (κ3) is 6.56. The van der Waals surface area contributed by atoms with Crippen LogP contribution in [0.2, 0.25) is 0 Å². The lowest BCUT2D eigenvalue weighted by Crippen LogP contribution is -2.32. The second kappa shape index (κ2) is 10.2. The van der Waals surface area contributed by atoms with Crippen molar-refractivity contribution in [2.24, 2.45) is 5.92 Å². The summed E-state index contributed by atoms with van der Waals surface area (Å²) in [5.74, 6) is 0.197. The van der Waals surface area contributed by atoms with Gasteiger partial charge in [0.15, 0.2) is 5.82 Å². The molecule has 0 saturated carbocycles. The predicted molar refractivity (Wildman–Crippen MR) is 131 cm³/mol. The lowest BCUT2D eigenvalue weighted by molar-refractivity contribution is 0.0523. The number of H-pyrrole nitrogens is 1. The van der Waals surface area contributed by atoms with Crippen molar-refractivity contribution in [3.05, 3.63) is 68.7 Å². The van der Waals surface area contributed by atoms with Crippen molar-refractivity contribution in [2.45, 2.75) is 73.5 Å². The van der Waals surface area contributed by atoms with Crippen LogP contribution >= 0.6 is 0 Å². The highest BCUT2D eigenvalue weighted by Crippen LogP contribution is 2.34. The fourth-order valence-corrected chi connectivity index (χ4v) is 3.85. The topological polar surface area (TPSA) is 110 Å². The van der Waals surface area contributed by atoms with Crippen molar-refractivity contribution >= 4 is 6.09 Å². The summed E-state index contributed by atoms with van der Waals surface area (Å²) in [5, 5.41) is 6.77. The molecule has 3 aromatic rings. The van der Waals surface area contributed by atoms with E-state index in [1.54, 1.807) is 0 Å². The number of nitrogens with one attached hydrogen (secondary N) is 2. The summed E-state index contributed by atoms with van der Waals surface area (Å²) in [6.07, 6.45) is 0.613. The number of carbonyl (C=O) groups is 1. The number of nitrogens with zero attached hydrogens (tertiary/aromatic N) is 2. The van der Waals surface area contributed by atoms with Gasteiger partial charge in [0.2, 0.25) is 0 Å². The smallest absolute Gasteiger partial charge is 0.438 e. The number of aryl methyl sites for hydroxylation is 2. The summed E-state index contributed by atoms with van der Waals surface area (Å²) in [6, 6.07) is 8.24. The number of aromatic amines is 1. The zero-order chi connectivity index (χ0) is 25.0. The summed E-state index contributed by atoms with van der Waals surface area (Å²) in [6.45, 7) is 14.0. The molecule has 2 heterocycles. The quantitative estimate of drug-likeness (QED) is 0.515. The van der Waals surface area contributed by atoms with E-state index >= 15 is 0 Å². The van der Waals surface area contributed by atoms with Gasteiger partial charge in [-0.25, -0.2) is 9.59 Å². The van der Waals surface area contributed by atoms with Crippen LogP contribution < -0.4 is 11.1 Å². The first-order valence-electron chi connectivity index (χ1n) is 11.5. The highest BCUT2D eigenvalue weighted by Gasteiger charge is 2.23. The van der Waals surface area contributed by atoms with Crippen molar-refractivity contribution in [3.8, 4) is 11.1 Å². The molecule has 34 heavy (non-hydrogen) atoms. The Morgan fingerprint density at radius 3 is 2.38 bits per heavy atom. The minimum absolute atomic E-state index is 0.260. The molecule has 1 aromatic carbocycles. The average molecular weight is 467 g/mol. The molecule has 2 aromatic heterocycles. The van der Waals surface area contributed by atoms with Crippen LogP contribution in [0.3, 0.4) is 0 Å². The number of hydrogen-bond donors (Lipinski definition) is 2. The Morgan fingerprint density at radius 1 is 1.15 bits per heavy atom. The van der Waals surface area contributed by atoms with Crippen molar-refractivity contribution in [3.63, 3.8) is 0 Å². The molecule has 0 fully saturated rings. The number of alkyl carbamates (subject to hydrolysis) is 1. The van der Waals surface area contributed by atoms with E-state index in [2.05, 4.69) is 53.6 Å². The largest absolute Gasteiger partial charge is 0.444 e. The third-order valence-electron chi connectivity index (χ3n) is 5.27. The van der Waals surface area contributed by atoms with Gasteiger partial charge in [0.05, 0.1) is 0 Å². The Kier molecular flexibility index (Phi) is 7.59. The monoisotopic (exact) mass is 466 g/mol. The standard InChI is InChI=1S/C26H34N4O4/c1-15(2)12-21-20(14-27-24(31)33-26(5,6)7)23(18-10-8-16(3)9-11-18)19(17(4)28-21)13-22-29-25(32)34-30-22/h8-11,15H,12-14H2,1-7H3,(H,27,31)(H,29,30,32). The molecule has 2 N–H and O–H groups in total. The Hall–Kier alpha value is -3.42. The second-order valence-electron chi connectivity index (χ2n) is 10.0. The number of aromatic nitrogens is 3. The zero-order valence-electron chi connectivity index (χ0n) is 21.0.